The number of fused-ring (bicyclic) bond motifs is 10. The summed E-state index contributed by atoms with van der Waals surface area (Å²) in [5, 5.41) is 36.2. The molecule has 2 fully saturated rings. The molecule has 12 atom stereocenters. The number of carbonyl (C=O) groups excluding carboxylic acids is 4. The fourth-order valence-electron chi connectivity index (χ4n) is 18.0. The minimum absolute atomic E-state index is 0.00480. The lowest BCUT2D eigenvalue weighted by molar-refractivity contribution is -0.121. The number of hydrogen-bond donors (Lipinski definition) is 16. The molecular weight excluding hydrogens is 2100 g/mol. The predicted octanol–water partition coefficient (Wildman–Crippen LogP) is 1.49. The van der Waals surface area contributed by atoms with Gasteiger partial charge in [-0.1, -0.05) is 12.2 Å². The first-order chi connectivity index (χ1) is 68.4. The van der Waals surface area contributed by atoms with Crippen LogP contribution in [0.4, 0.5) is 44.0 Å². The van der Waals surface area contributed by atoms with E-state index in [1.54, 1.807) is 36.4 Å². The maximum absolute atomic E-state index is 13.1. The van der Waals surface area contributed by atoms with Crippen molar-refractivity contribution < 1.29 is 177 Å². The first kappa shape index (κ1) is 110. The molecule has 4 aromatic carbocycles. The van der Waals surface area contributed by atoms with Gasteiger partial charge in [0.15, 0.2) is 70.6 Å². The first-order valence-corrected chi connectivity index (χ1v) is 57.0. The van der Waals surface area contributed by atoms with E-state index in [1.165, 1.54) is 9.13 Å². The molecule has 12 heterocycles. The minimum atomic E-state index is -5.90. The zero-order valence-electron chi connectivity index (χ0n) is 78.1. The van der Waals surface area contributed by atoms with Crippen LogP contribution < -0.4 is 82.6 Å². The van der Waals surface area contributed by atoms with Gasteiger partial charge in [0, 0.05) is 111 Å². The molecule has 8 aliphatic heterocycles. The molecule has 16 rings (SSSR count). The Morgan fingerprint density at radius 1 is 0.514 bits per heavy atom. The highest BCUT2D eigenvalue weighted by molar-refractivity contribution is 7.86. The molecule has 66 heteroatoms. The van der Waals surface area contributed by atoms with Gasteiger partial charge < -0.3 is 129 Å². The van der Waals surface area contributed by atoms with Gasteiger partial charge in [0.25, 0.3) is 0 Å². The Balaban J connectivity index is 0.000000219. The fraction of sp³-hybridized carbons (Fsp3) is 0.475. The lowest BCUT2D eigenvalue weighted by Gasteiger charge is -2.44. The van der Waals surface area contributed by atoms with Gasteiger partial charge in [-0.15, -0.1) is 0 Å². The Morgan fingerprint density at radius 3 is 1.34 bits per heavy atom. The number of nitrogen functional groups attached to an aromatic ring is 2. The maximum atomic E-state index is 13.1. The second kappa shape index (κ2) is 43.2. The van der Waals surface area contributed by atoms with Gasteiger partial charge in [0.05, 0.1) is 80.8 Å². The van der Waals surface area contributed by atoms with E-state index in [0.717, 1.165) is 99.0 Å². The molecule has 18 N–H and O–H groups in total. The van der Waals surface area contributed by atoms with Crippen LogP contribution in [0, 0.1) is 0 Å². The van der Waals surface area contributed by atoms with E-state index >= 15 is 0 Å². The van der Waals surface area contributed by atoms with Gasteiger partial charge in [-0.2, -0.15) is 17.2 Å². The van der Waals surface area contributed by atoms with Crippen LogP contribution >= 0.6 is 46.9 Å². The third-order valence-electron chi connectivity index (χ3n) is 24.0. The molecule has 8 aromatic rings. The third-order valence-corrected chi connectivity index (χ3v) is 33.0. The third kappa shape index (κ3) is 26.4. The zero-order valence-corrected chi connectivity index (χ0v) is 85.1. The highest BCUT2D eigenvalue weighted by Gasteiger charge is 2.53. The van der Waals surface area contributed by atoms with Crippen molar-refractivity contribution >= 4 is 159 Å². The molecule has 0 aliphatic carbocycles. The second-order valence-electron chi connectivity index (χ2n) is 35.3. The molecule has 146 heavy (non-hydrogen) atoms. The number of alkyl carbamates (subject to hydrolysis) is 2. The number of phosphoric acid groups is 6. The fourth-order valence-corrected chi connectivity index (χ4v) is 25.3. The largest absolute Gasteiger partial charge is 0.748 e. The van der Waals surface area contributed by atoms with Crippen LogP contribution in [0.15, 0.2) is 96.0 Å². The van der Waals surface area contributed by atoms with E-state index in [2.05, 4.69) is 95.9 Å². The second-order valence-corrected chi connectivity index (χ2v) is 46.9. The number of benzene rings is 4. The van der Waals surface area contributed by atoms with Gasteiger partial charge in [0.1, 0.15) is 96.4 Å². The van der Waals surface area contributed by atoms with Crippen molar-refractivity contribution in [3.63, 3.8) is 0 Å². The summed E-state index contributed by atoms with van der Waals surface area (Å²) in [5.41, 5.74) is 16.4. The number of aromatic nitrogens is 8. The number of anilines is 4. The van der Waals surface area contributed by atoms with Gasteiger partial charge in [-0.3, -0.25) is 27.8 Å². The van der Waals surface area contributed by atoms with Crippen LogP contribution in [0.5, 0.6) is 23.0 Å². The van der Waals surface area contributed by atoms with E-state index in [9.17, 15) is 102 Å². The molecule has 58 nitrogen and oxygen atoms in total. The molecule has 2 saturated heterocycles. The molecule has 8 aliphatic rings. The molecule has 0 spiro atoms. The zero-order chi connectivity index (χ0) is 106. The molecule has 4 unspecified atom stereocenters. The summed E-state index contributed by atoms with van der Waals surface area (Å²) in [6.07, 6.45) is -3.34. The quantitative estimate of drug-likeness (QED) is 0.0113. The number of carbonyl (C=O) groups is 4. The Hall–Kier alpha value is -10.6. The highest BCUT2D eigenvalue weighted by Crippen LogP contribution is 2.68. The number of aryl methyl sites for hydroxylation is 2. The average molecular weight is 2200 g/mol. The Bertz CT molecular complexity index is 7420. The molecule has 4 aromatic heterocycles. The Kier molecular flexibility index (Phi) is 32.4. The summed E-state index contributed by atoms with van der Waals surface area (Å²) in [6, 6.07) is 15.0. The van der Waals surface area contributed by atoms with Crippen molar-refractivity contribution in [2.24, 2.45) is 9.98 Å². The highest BCUT2D eigenvalue weighted by atomic mass is 32.2. The smallest absolute Gasteiger partial charge is 0.490 e. The number of phosphoric ester groups is 2. The van der Waals surface area contributed by atoms with E-state index < -0.39 is 170 Å². The lowest BCUT2D eigenvalue weighted by Crippen LogP contribution is -2.46. The lowest BCUT2D eigenvalue weighted by atomic mass is 9.88. The van der Waals surface area contributed by atoms with Crippen molar-refractivity contribution in [1.82, 2.24) is 69.5 Å². The SMILES string of the molecule is CC[N+]1=c2cc3c(cc2CCC1)=Nc1cc2c(cc1O3)N(CCCC(=O)NCCNC(=O)O[C@@H]1[C@H](O)[C@@H](COP(=O)(O)OP(=O)(O)OP(=O)(O)O)O[C@H]1n1cnc3c(N)ncnc31)C(C)(C)C=C2CS(=O)(=O)[O-].CC[N+]1=c2cc3c(cc2CCC1)=Nc1cc2c(cc1O3)N(CCCC(=O)NCCNC(=O)O[C@H]1[C@@H](O)[C@H](n3cnc4c(N)ncnc43)O[C@@H]1COP(=O)(O)OP(=O)(O)OP(=O)(O)O)C(C)(C)C=C2CS(=O)(=O)[O-]. The van der Waals surface area contributed by atoms with Crippen molar-refractivity contribution in [3.8, 4) is 23.0 Å². The number of nitrogens with one attached hydrogen (secondary N) is 4. The average Bonchev–Trinajstić information content (AvgIpc) is 0.972. The van der Waals surface area contributed by atoms with Crippen LogP contribution in [0.25, 0.3) is 33.5 Å². The number of amides is 4. The standard InChI is InChI=1S/2C40H51N10O19P3S/c1-4-48-11-5-7-22-13-25-29(15-27(22)48)65-30-16-28-24(14-26(30)47-25)23(19-73(61,62)63)17-40(2,3)50(28)12-6-8-32(51)42-9-10-43-39(53)67-35-31(18-64-71(57,58)69-72(59,60)68-70(54,55)56)66-38(34(35)52)49-21-46-33-36(41)44-20-45-37(33)49;1-4-48-11-5-7-22-13-25-29(15-27(22)48)65-30-16-28-24(14-26(30)47-25)23(19-73(61,62)63)17-40(2,3)50(28)12-6-8-32(51)42-9-10-43-39(53)67-35-34(52)31(18-64-71(57,58)69-72(59,60)68-70(54,55)56)66-38(35)49-21-46-33-36(41)44-20-45-37(33)49/h2*13-17,20-21,31,34-35,38,52H,4-12,18-19H2,1-3H3,(H8-,41,42,43,44,45,51,53,54,55,56,57,58,59,60,61,62,63)/t2*31-,34-,35-,38-/m11/s1. The molecule has 0 radical (unpaired) electrons. The molecule has 792 valence electrons. The van der Waals surface area contributed by atoms with E-state index in [0.29, 0.717) is 105 Å². The van der Waals surface area contributed by atoms with E-state index in [1.807, 2.05) is 61.8 Å². The number of ether oxygens (including phenoxy) is 6. The Labute approximate surface area is 828 Å². The maximum Gasteiger partial charge on any atom is 0.490 e. The predicted molar refractivity (Wildman–Crippen MR) is 505 cm³/mol. The number of nitrogens with two attached hydrogens (primary N) is 2. The summed E-state index contributed by atoms with van der Waals surface area (Å²) >= 11 is 0. The van der Waals surface area contributed by atoms with Crippen LogP contribution in [0.2, 0.25) is 0 Å². The van der Waals surface area contributed by atoms with Gasteiger partial charge in [0.2, 0.25) is 22.5 Å². The number of hydrogen-bond acceptors (Lipinski definition) is 42. The molecule has 0 bridgehead atoms. The van der Waals surface area contributed by atoms with Crippen LogP contribution in [0.1, 0.15) is 115 Å². The minimum Gasteiger partial charge on any atom is -0.748 e. The van der Waals surface area contributed by atoms with Crippen LogP contribution in [0.3, 0.4) is 0 Å². The normalized spacial score (nSPS) is 21.8. The van der Waals surface area contributed by atoms with Crippen molar-refractivity contribution in [3.05, 3.63) is 130 Å². The molecule has 0 saturated carbocycles. The van der Waals surface area contributed by atoms with E-state index in [4.69, 9.17) is 74.0 Å². The summed E-state index contributed by atoms with van der Waals surface area (Å²) < 4.78 is 210. The van der Waals surface area contributed by atoms with Crippen LogP contribution in [-0.4, -0.2) is 276 Å². The number of aliphatic hydroxyl groups is 2. The number of rotatable bonds is 38. The molecule has 4 amide bonds. The number of nitrogens with zero attached hydrogens (tertiary/aromatic N) is 14. The molecular formula is C80H102N20O38P6S2. The number of aliphatic hydroxyl groups excluding tert-OH is 2. The number of imidazole rings is 2. The summed E-state index contributed by atoms with van der Waals surface area (Å²) in [7, 11) is -43.9. The summed E-state index contributed by atoms with van der Waals surface area (Å²) in [5.74, 6) is -0.369. The van der Waals surface area contributed by atoms with Gasteiger partial charge >= 0.3 is 59.1 Å². The first-order valence-electron chi connectivity index (χ1n) is 44.8. The van der Waals surface area contributed by atoms with Gasteiger partial charge in [-0.25, -0.2) is 103 Å². The van der Waals surface area contributed by atoms with Crippen molar-refractivity contribution in [2.75, 3.05) is 111 Å². The van der Waals surface area contributed by atoms with Crippen molar-refractivity contribution in [1.29, 1.82) is 0 Å². The topological polar surface area (TPSA) is 823 Å². The summed E-state index contributed by atoms with van der Waals surface area (Å²) in [6.45, 7) is 12.9. The van der Waals surface area contributed by atoms with Gasteiger partial charge in [-0.05, 0) is 103 Å². The van der Waals surface area contributed by atoms with Crippen LogP contribution in [-0.2, 0) is 115 Å². The monoisotopic (exact) mass is 2200 g/mol. The van der Waals surface area contributed by atoms with E-state index in [-0.39, 0.29) is 78.9 Å². The Morgan fingerprint density at radius 2 is 0.918 bits per heavy atom. The summed E-state index contributed by atoms with van der Waals surface area (Å²) in [4.78, 5) is 165. The van der Waals surface area contributed by atoms with Crippen molar-refractivity contribution in [2.45, 2.75) is 153 Å².